The third-order valence-electron chi connectivity index (χ3n) is 6.49. The highest BCUT2D eigenvalue weighted by Crippen LogP contribution is 2.28. The van der Waals surface area contributed by atoms with Crippen molar-refractivity contribution in [2.45, 2.75) is 71.9 Å². The Balaban J connectivity index is 1.47. The van der Waals surface area contributed by atoms with Crippen LogP contribution in [0.25, 0.3) is 11.0 Å². The average Bonchev–Trinajstić information content (AvgIpc) is 3.15. The Kier molecular flexibility index (Phi) is 7.13. The molecule has 32 heavy (non-hydrogen) atoms. The highest BCUT2D eigenvalue weighted by atomic mass is 16.5. The molecule has 1 aromatic heterocycles. The minimum atomic E-state index is 0.153. The number of ether oxygens (including phenoxy) is 1. The molecule has 1 fully saturated rings. The number of fused-ring (bicyclic) bond motifs is 1. The van der Waals surface area contributed by atoms with Crippen LogP contribution in [0, 0.1) is 12.8 Å². The maximum atomic E-state index is 12.7. The molecule has 0 bridgehead atoms. The van der Waals surface area contributed by atoms with Crippen molar-refractivity contribution in [3.8, 4) is 5.75 Å². The summed E-state index contributed by atoms with van der Waals surface area (Å²) >= 11 is 0. The van der Waals surface area contributed by atoms with E-state index in [0.29, 0.717) is 25.6 Å². The number of amides is 1. The number of nitrogens with zero attached hydrogens (tertiary/aromatic N) is 2. The molecule has 0 spiro atoms. The quantitative estimate of drug-likeness (QED) is 0.492. The molecule has 1 saturated carbocycles. The molecule has 170 valence electrons. The molecule has 5 heteroatoms. The van der Waals surface area contributed by atoms with Crippen LogP contribution in [0.1, 0.15) is 68.8 Å². The topological polar surface area (TPSA) is 56.1 Å². The molecule has 3 aromatic rings. The van der Waals surface area contributed by atoms with Gasteiger partial charge in [0.05, 0.1) is 24.1 Å². The van der Waals surface area contributed by atoms with E-state index in [1.54, 1.807) is 0 Å². The third-order valence-corrected chi connectivity index (χ3v) is 6.49. The SMILES string of the molecule is Cc1ccc(C(C)C)c(OCCn2c(CNC(=O)C3CCCCC3)nc3ccccc32)c1. The molecule has 0 aliphatic heterocycles. The van der Waals surface area contributed by atoms with E-state index in [-0.39, 0.29) is 11.8 Å². The number of hydrogen-bond donors (Lipinski definition) is 1. The Bertz CT molecular complexity index is 1060. The Morgan fingerprint density at radius 2 is 1.94 bits per heavy atom. The van der Waals surface area contributed by atoms with Gasteiger partial charge in [0.1, 0.15) is 18.2 Å². The summed E-state index contributed by atoms with van der Waals surface area (Å²) in [6.45, 7) is 8.15. The Labute approximate surface area is 191 Å². The average molecular weight is 434 g/mol. The molecule has 1 aliphatic carbocycles. The van der Waals surface area contributed by atoms with Crippen LogP contribution in [0.2, 0.25) is 0 Å². The first-order valence-corrected chi connectivity index (χ1v) is 12.0. The molecule has 0 saturated heterocycles. The van der Waals surface area contributed by atoms with Crippen LogP contribution >= 0.6 is 0 Å². The van der Waals surface area contributed by atoms with Gasteiger partial charge in [0.25, 0.3) is 0 Å². The number of benzene rings is 2. The molecular formula is C27H35N3O2. The number of carbonyl (C=O) groups is 1. The lowest BCUT2D eigenvalue weighted by Gasteiger charge is -2.21. The Morgan fingerprint density at radius 3 is 2.72 bits per heavy atom. The van der Waals surface area contributed by atoms with Gasteiger partial charge in [-0.2, -0.15) is 0 Å². The maximum Gasteiger partial charge on any atom is 0.223 e. The van der Waals surface area contributed by atoms with E-state index in [1.165, 1.54) is 17.5 Å². The molecule has 2 aromatic carbocycles. The van der Waals surface area contributed by atoms with Crippen molar-refractivity contribution in [1.82, 2.24) is 14.9 Å². The molecule has 1 amide bonds. The van der Waals surface area contributed by atoms with Gasteiger partial charge in [-0.15, -0.1) is 0 Å². The molecule has 4 rings (SSSR count). The highest BCUT2D eigenvalue weighted by Gasteiger charge is 2.21. The highest BCUT2D eigenvalue weighted by molar-refractivity contribution is 5.79. The van der Waals surface area contributed by atoms with Crippen LogP contribution in [0.4, 0.5) is 0 Å². The minimum Gasteiger partial charge on any atom is -0.491 e. The number of aromatic nitrogens is 2. The lowest BCUT2D eigenvalue weighted by Crippen LogP contribution is -2.32. The van der Waals surface area contributed by atoms with E-state index >= 15 is 0 Å². The predicted octanol–water partition coefficient (Wildman–Crippen LogP) is 5.74. The van der Waals surface area contributed by atoms with Crippen molar-refractivity contribution in [2.75, 3.05) is 6.61 Å². The third kappa shape index (κ3) is 5.14. The van der Waals surface area contributed by atoms with Gasteiger partial charge in [-0.1, -0.05) is 57.4 Å². The number of rotatable bonds is 8. The largest absolute Gasteiger partial charge is 0.491 e. The second-order valence-corrected chi connectivity index (χ2v) is 9.27. The van der Waals surface area contributed by atoms with Gasteiger partial charge < -0.3 is 14.6 Å². The molecule has 1 N–H and O–H groups in total. The Morgan fingerprint density at radius 1 is 1.16 bits per heavy atom. The van der Waals surface area contributed by atoms with E-state index < -0.39 is 0 Å². The number of nitrogens with one attached hydrogen (secondary N) is 1. The molecular weight excluding hydrogens is 398 g/mol. The van der Waals surface area contributed by atoms with Crippen molar-refractivity contribution < 1.29 is 9.53 Å². The number of hydrogen-bond acceptors (Lipinski definition) is 3. The van der Waals surface area contributed by atoms with E-state index in [1.807, 2.05) is 18.2 Å². The fourth-order valence-electron chi connectivity index (χ4n) is 4.68. The second-order valence-electron chi connectivity index (χ2n) is 9.27. The normalized spacial score (nSPS) is 14.8. The van der Waals surface area contributed by atoms with Crippen LogP contribution in [-0.2, 0) is 17.9 Å². The van der Waals surface area contributed by atoms with Gasteiger partial charge in [0.2, 0.25) is 5.91 Å². The van der Waals surface area contributed by atoms with Crippen LogP contribution in [0.3, 0.4) is 0 Å². The maximum absolute atomic E-state index is 12.7. The summed E-state index contributed by atoms with van der Waals surface area (Å²) in [7, 11) is 0. The summed E-state index contributed by atoms with van der Waals surface area (Å²) in [5, 5.41) is 3.15. The zero-order chi connectivity index (χ0) is 22.5. The number of para-hydroxylation sites is 2. The van der Waals surface area contributed by atoms with Crippen molar-refractivity contribution in [2.24, 2.45) is 5.92 Å². The number of aryl methyl sites for hydroxylation is 1. The summed E-state index contributed by atoms with van der Waals surface area (Å²) in [5.74, 6) is 2.57. The summed E-state index contributed by atoms with van der Waals surface area (Å²) in [5.41, 5.74) is 4.45. The smallest absolute Gasteiger partial charge is 0.223 e. The van der Waals surface area contributed by atoms with Gasteiger partial charge in [-0.3, -0.25) is 4.79 Å². The van der Waals surface area contributed by atoms with Gasteiger partial charge in [-0.25, -0.2) is 4.98 Å². The standard InChI is InChI=1S/C27H35N3O2/c1-19(2)22-14-13-20(3)17-25(22)32-16-15-30-24-12-8-7-11-23(24)29-26(30)18-28-27(31)21-9-5-4-6-10-21/h7-8,11-14,17,19,21H,4-6,9-10,15-16,18H2,1-3H3,(H,28,31). The molecule has 1 aliphatic rings. The molecule has 5 nitrogen and oxygen atoms in total. The number of imidazole rings is 1. The van der Waals surface area contributed by atoms with Crippen molar-refractivity contribution in [3.63, 3.8) is 0 Å². The summed E-state index contributed by atoms with van der Waals surface area (Å²) in [6.07, 6.45) is 5.57. The fraction of sp³-hybridized carbons (Fsp3) is 0.481. The first-order chi connectivity index (χ1) is 15.5. The van der Waals surface area contributed by atoms with Crippen LogP contribution in [0.5, 0.6) is 5.75 Å². The number of carbonyl (C=O) groups excluding carboxylic acids is 1. The molecule has 1 heterocycles. The first-order valence-electron chi connectivity index (χ1n) is 12.0. The first kappa shape index (κ1) is 22.4. The van der Waals surface area contributed by atoms with Gasteiger partial charge >= 0.3 is 0 Å². The van der Waals surface area contributed by atoms with Gasteiger partial charge in [-0.05, 0) is 55.0 Å². The lowest BCUT2D eigenvalue weighted by atomic mass is 9.89. The minimum absolute atomic E-state index is 0.153. The summed E-state index contributed by atoms with van der Waals surface area (Å²) in [6, 6.07) is 14.6. The zero-order valence-electron chi connectivity index (χ0n) is 19.6. The molecule has 0 radical (unpaired) electrons. The Hall–Kier alpha value is -2.82. The fourth-order valence-corrected chi connectivity index (χ4v) is 4.68. The van der Waals surface area contributed by atoms with Crippen molar-refractivity contribution in [1.29, 1.82) is 0 Å². The summed E-state index contributed by atoms with van der Waals surface area (Å²) < 4.78 is 8.42. The van der Waals surface area contributed by atoms with Gasteiger partial charge in [0, 0.05) is 5.92 Å². The van der Waals surface area contributed by atoms with Crippen LogP contribution < -0.4 is 10.1 Å². The zero-order valence-corrected chi connectivity index (χ0v) is 19.6. The van der Waals surface area contributed by atoms with Crippen LogP contribution in [0.15, 0.2) is 42.5 Å². The van der Waals surface area contributed by atoms with E-state index in [9.17, 15) is 4.79 Å². The lowest BCUT2D eigenvalue weighted by molar-refractivity contribution is -0.126. The second kappa shape index (κ2) is 10.2. The van der Waals surface area contributed by atoms with Crippen LogP contribution in [-0.4, -0.2) is 22.1 Å². The van der Waals surface area contributed by atoms with E-state index in [2.05, 4.69) is 54.9 Å². The van der Waals surface area contributed by atoms with E-state index in [4.69, 9.17) is 9.72 Å². The van der Waals surface area contributed by atoms with E-state index in [0.717, 1.165) is 48.3 Å². The molecule has 0 atom stereocenters. The summed E-state index contributed by atoms with van der Waals surface area (Å²) in [4.78, 5) is 17.5. The predicted molar refractivity (Wildman–Crippen MR) is 129 cm³/mol. The van der Waals surface area contributed by atoms with Crippen molar-refractivity contribution >= 4 is 16.9 Å². The molecule has 0 unspecified atom stereocenters. The monoisotopic (exact) mass is 433 g/mol. The van der Waals surface area contributed by atoms with Gasteiger partial charge in [0.15, 0.2) is 0 Å². The van der Waals surface area contributed by atoms with Crippen molar-refractivity contribution in [3.05, 3.63) is 59.4 Å².